The number of hydrogen-bond acceptors (Lipinski definition) is 4. The fourth-order valence-electron chi connectivity index (χ4n) is 2.41. The van der Waals surface area contributed by atoms with Crippen LogP contribution >= 0.6 is 0 Å². The van der Waals surface area contributed by atoms with E-state index in [1.165, 1.54) is 7.11 Å². The van der Waals surface area contributed by atoms with Gasteiger partial charge in [0.2, 0.25) is 0 Å². The summed E-state index contributed by atoms with van der Waals surface area (Å²) in [5.41, 5.74) is 0. The van der Waals surface area contributed by atoms with Gasteiger partial charge < -0.3 is 9.47 Å². The average Bonchev–Trinajstić information content (AvgIpc) is 2.37. The van der Waals surface area contributed by atoms with E-state index in [0.717, 1.165) is 25.7 Å². The number of ether oxygens (including phenoxy) is 2. The first-order chi connectivity index (χ1) is 6.74. The molecule has 3 atom stereocenters. The van der Waals surface area contributed by atoms with Gasteiger partial charge >= 0.3 is 11.9 Å². The fraction of sp³-hybridized carbons (Fsp3) is 0.800. The second kappa shape index (κ2) is 3.59. The number of carbonyl (C=O) groups excluding carboxylic acids is 2. The predicted molar refractivity (Wildman–Crippen MR) is 47.3 cm³/mol. The van der Waals surface area contributed by atoms with Crippen molar-refractivity contribution in [3.63, 3.8) is 0 Å². The normalized spacial score (nSPS) is 36.1. The van der Waals surface area contributed by atoms with Crippen LogP contribution in [0.25, 0.3) is 0 Å². The SMILES string of the molecule is COC(=O)[C@@H]1[C@@H]2CCCC[C@@H]1C(=O)O2. The van der Waals surface area contributed by atoms with E-state index in [0.29, 0.717) is 0 Å². The summed E-state index contributed by atoms with van der Waals surface area (Å²) < 4.78 is 9.86. The first-order valence-electron chi connectivity index (χ1n) is 5.02. The zero-order valence-electron chi connectivity index (χ0n) is 8.19. The van der Waals surface area contributed by atoms with Gasteiger partial charge in [-0.1, -0.05) is 6.42 Å². The van der Waals surface area contributed by atoms with Crippen LogP contribution in [0.5, 0.6) is 0 Å². The van der Waals surface area contributed by atoms with Crippen LogP contribution in [0.1, 0.15) is 25.7 Å². The number of methoxy groups -OCH3 is 1. The molecule has 14 heavy (non-hydrogen) atoms. The summed E-state index contributed by atoms with van der Waals surface area (Å²) in [5, 5.41) is 0. The van der Waals surface area contributed by atoms with Crippen LogP contribution in [-0.4, -0.2) is 25.2 Å². The summed E-state index contributed by atoms with van der Waals surface area (Å²) >= 11 is 0. The Hall–Kier alpha value is -1.06. The summed E-state index contributed by atoms with van der Waals surface area (Å²) in [4.78, 5) is 22.9. The van der Waals surface area contributed by atoms with Crippen molar-refractivity contribution in [3.05, 3.63) is 0 Å². The third-order valence-corrected chi connectivity index (χ3v) is 3.13. The molecule has 1 saturated heterocycles. The highest BCUT2D eigenvalue weighted by Gasteiger charge is 2.49. The molecule has 1 heterocycles. The molecular formula is C10H14O4. The van der Waals surface area contributed by atoms with Gasteiger partial charge in [-0.15, -0.1) is 0 Å². The Kier molecular flexibility index (Phi) is 2.44. The van der Waals surface area contributed by atoms with Crippen molar-refractivity contribution >= 4 is 11.9 Å². The minimum absolute atomic E-state index is 0.217. The largest absolute Gasteiger partial charge is 0.469 e. The quantitative estimate of drug-likeness (QED) is 0.587. The van der Waals surface area contributed by atoms with Crippen LogP contribution in [0.3, 0.4) is 0 Å². The molecule has 2 rings (SSSR count). The molecule has 4 heteroatoms. The van der Waals surface area contributed by atoms with Gasteiger partial charge in [-0.3, -0.25) is 9.59 Å². The van der Waals surface area contributed by atoms with Gasteiger partial charge in [0.15, 0.2) is 0 Å². The molecule has 4 nitrogen and oxygen atoms in total. The van der Waals surface area contributed by atoms with E-state index in [4.69, 9.17) is 9.47 Å². The number of hydrogen-bond donors (Lipinski definition) is 0. The van der Waals surface area contributed by atoms with E-state index < -0.39 is 0 Å². The van der Waals surface area contributed by atoms with Crippen LogP contribution < -0.4 is 0 Å². The van der Waals surface area contributed by atoms with Crippen LogP contribution in [0.4, 0.5) is 0 Å². The second-order valence-electron chi connectivity index (χ2n) is 3.92. The monoisotopic (exact) mass is 198 g/mol. The lowest BCUT2D eigenvalue weighted by Crippen LogP contribution is -2.29. The van der Waals surface area contributed by atoms with Gasteiger partial charge in [0.1, 0.15) is 12.0 Å². The maximum absolute atomic E-state index is 11.5. The average molecular weight is 198 g/mol. The van der Waals surface area contributed by atoms with Gasteiger partial charge in [0, 0.05) is 0 Å². The Labute approximate surface area is 82.6 Å². The molecule has 0 spiro atoms. The zero-order valence-corrected chi connectivity index (χ0v) is 8.19. The molecular weight excluding hydrogens is 184 g/mol. The Morgan fingerprint density at radius 3 is 2.86 bits per heavy atom. The number of fused-ring (bicyclic) bond motifs is 2. The molecule has 1 saturated carbocycles. The third kappa shape index (κ3) is 1.38. The molecule has 2 bridgehead atoms. The van der Waals surface area contributed by atoms with E-state index in [9.17, 15) is 9.59 Å². The molecule has 1 aliphatic carbocycles. The summed E-state index contributed by atoms with van der Waals surface area (Å²) in [7, 11) is 1.36. The van der Waals surface area contributed by atoms with E-state index in [1.807, 2.05) is 0 Å². The van der Waals surface area contributed by atoms with Gasteiger partial charge in [-0.05, 0) is 19.3 Å². The lowest BCUT2D eigenvalue weighted by molar-refractivity contribution is -0.148. The molecule has 0 aromatic carbocycles. The van der Waals surface area contributed by atoms with Crippen LogP contribution in [0.2, 0.25) is 0 Å². The van der Waals surface area contributed by atoms with Gasteiger partial charge in [0.05, 0.1) is 13.0 Å². The van der Waals surface area contributed by atoms with E-state index in [2.05, 4.69) is 0 Å². The van der Waals surface area contributed by atoms with Crippen molar-refractivity contribution in [2.75, 3.05) is 7.11 Å². The number of rotatable bonds is 1. The van der Waals surface area contributed by atoms with Crippen molar-refractivity contribution in [2.24, 2.45) is 11.8 Å². The Morgan fingerprint density at radius 1 is 1.43 bits per heavy atom. The van der Waals surface area contributed by atoms with E-state index in [1.54, 1.807) is 0 Å². The molecule has 0 N–H and O–H groups in total. The molecule has 2 fully saturated rings. The van der Waals surface area contributed by atoms with Crippen molar-refractivity contribution in [1.29, 1.82) is 0 Å². The van der Waals surface area contributed by atoms with Crippen LogP contribution in [-0.2, 0) is 19.1 Å². The minimum atomic E-state index is -0.352. The molecule has 0 aromatic rings. The first kappa shape index (κ1) is 9.49. The van der Waals surface area contributed by atoms with Gasteiger partial charge in [0.25, 0.3) is 0 Å². The Bertz CT molecular complexity index is 261. The summed E-state index contributed by atoms with van der Waals surface area (Å²) in [5.74, 6) is -1.12. The van der Waals surface area contributed by atoms with Crippen molar-refractivity contribution in [1.82, 2.24) is 0 Å². The summed E-state index contributed by atoms with van der Waals surface area (Å²) in [6.07, 6.45) is 3.35. The summed E-state index contributed by atoms with van der Waals surface area (Å²) in [6, 6.07) is 0. The molecule has 2 aliphatic rings. The van der Waals surface area contributed by atoms with E-state index >= 15 is 0 Å². The van der Waals surface area contributed by atoms with Crippen LogP contribution in [0.15, 0.2) is 0 Å². The predicted octanol–water partition coefficient (Wildman–Crippen LogP) is 0.891. The first-order valence-corrected chi connectivity index (χ1v) is 5.02. The smallest absolute Gasteiger partial charge is 0.313 e. The highest BCUT2D eigenvalue weighted by molar-refractivity contribution is 5.85. The topological polar surface area (TPSA) is 52.6 Å². The molecule has 0 amide bonds. The highest BCUT2D eigenvalue weighted by Crippen LogP contribution is 2.38. The Balaban J connectivity index is 2.21. The van der Waals surface area contributed by atoms with Crippen molar-refractivity contribution in [2.45, 2.75) is 31.8 Å². The summed E-state index contributed by atoms with van der Waals surface area (Å²) in [6.45, 7) is 0. The van der Waals surface area contributed by atoms with Crippen LogP contribution in [0, 0.1) is 11.8 Å². The zero-order chi connectivity index (χ0) is 10.1. The van der Waals surface area contributed by atoms with Gasteiger partial charge in [-0.25, -0.2) is 0 Å². The van der Waals surface area contributed by atoms with Crippen molar-refractivity contribution in [3.8, 4) is 0 Å². The number of carbonyl (C=O) groups is 2. The lowest BCUT2D eigenvalue weighted by Gasteiger charge is -2.14. The lowest BCUT2D eigenvalue weighted by atomic mass is 9.89. The Morgan fingerprint density at radius 2 is 2.14 bits per heavy atom. The molecule has 0 unspecified atom stereocenters. The number of esters is 2. The fourth-order valence-corrected chi connectivity index (χ4v) is 2.41. The maximum Gasteiger partial charge on any atom is 0.313 e. The molecule has 1 aliphatic heterocycles. The highest BCUT2D eigenvalue weighted by atomic mass is 16.6. The standard InChI is InChI=1S/C10H14O4/c1-13-10(12)8-6-4-2-3-5-7(8)14-9(6)11/h6-8H,2-5H2,1H3/t6-,7-,8-/m0/s1. The molecule has 0 radical (unpaired) electrons. The minimum Gasteiger partial charge on any atom is -0.469 e. The molecule has 78 valence electrons. The second-order valence-corrected chi connectivity index (χ2v) is 3.92. The van der Waals surface area contributed by atoms with Crippen molar-refractivity contribution < 1.29 is 19.1 Å². The molecule has 0 aromatic heterocycles. The van der Waals surface area contributed by atoms with E-state index in [-0.39, 0.29) is 29.9 Å². The van der Waals surface area contributed by atoms with Gasteiger partial charge in [-0.2, -0.15) is 0 Å². The third-order valence-electron chi connectivity index (χ3n) is 3.13. The maximum atomic E-state index is 11.5.